The molecule has 0 saturated carbocycles. The van der Waals surface area contributed by atoms with Crippen LogP contribution in [0.15, 0.2) is 60.2 Å². The molecular weight excluding hydrogens is 228 g/mol. The van der Waals surface area contributed by atoms with Gasteiger partial charge in [0.2, 0.25) is 0 Å². The van der Waals surface area contributed by atoms with E-state index < -0.39 is 0 Å². The van der Waals surface area contributed by atoms with Crippen LogP contribution in [0.25, 0.3) is 11.1 Å². The summed E-state index contributed by atoms with van der Waals surface area (Å²) in [5.74, 6) is 0.552. The minimum Gasteiger partial charge on any atom is -0.0762 e. The van der Waals surface area contributed by atoms with Gasteiger partial charge in [0.05, 0.1) is 0 Å². The normalized spacial score (nSPS) is 13.5. The monoisotopic (exact) mass is 247 g/mol. The lowest BCUT2D eigenvalue weighted by Crippen LogP contribution is -1.95. The van der Waals surface area contributed by atoms with E-state index in [2.05, 4.69) is 74.9 Å². The van der Waals surface area contributed by atoms with Crippen molar-refractivity contribution in [2.45, 2.75) is 26.2 Å². The Morgan fingerprint density at radius 2 is 1.47 bits per heavy atom. The van der Waals surface area contributed by atoms with Crippen molar-refractivity contribution in [1.82, 2.24) is 0 Å². The Balaban J connectivity index is 2.08. The maximum absolute atomic E-state index is 2.26. The quantitative estimate of drug-likeness (QED) is 0.699. The van der Waals surface area contributed by atoms with Gasteiger partial charge < -0.3 is 0 Å². The van der Waals surface area contributed by atoms with Gasteiger partial charge in [0, 0.05) is 6.42 Å². The van der Waals surface area contributed by atoms with Crippen LogP contribution in [0.1, 0.15) is 30.9 Å². The third kappa shape index (κ3) is 2.63. The number of hydrogen-bond acceptors (Lipinski definition) is 0. The van der Waals surface area contributed by atoms with Crippen molar-refractivity contribution in [2.75, 3.05) is 0 Å². The van der Waals surface area contributed by atoms with Crippen LogP contribution in [0, 0.1) is 6.42 Å². The zero-order valence-corrected chi connectivity index (χ0v) is 11.6. The maximum atomic E-state index is 2.26. The van der Waals surface area contributed by atoms with Gasteiger partial charge in [-0.3, -0.25) is 0 Å². The number of benzene rings is 2. The van der Waals surface area contributed by atoms with E-state index in [4.69, 9.17) is 0 Å². The minimum atomic E-state index is 0.552. The van der Waals surface area contributed by atoms with E-state index in [9.17, 15) is 0 Å². The molecule has 1 aliphatic rings. The SMILES string of the molecule is CC(C)c1ccccc1-c1ccccc1CC1=C[CH]1. The highest BCUT2D eigenvalue weighted by Gasteiger charge is 2.14. The van der Waals surface area contributed by atoms with Crippen LogP contribution in [0.4, 0.5) is 0 Å². The van der Waals surface area contributed by atoms with Crippen molar-refractivity contribution < 1.29 is 0 Å². The van der Waals surface area contributed by atoms with E-state index in [1.165, 1.54) is 27.8 Å². The van der Waals surface area contributed by atoms with Crippen LogP contribution in [-0.2, 0) is 6.42 Å². The molecule has 0 atom stereocenters. The average molecular weight is 247 g/mol. The summed E-state index contributed by atoms with van der Waals surface area (Å²) in [6, 6.07) is 17.6. The fraction of sp³-hybridized carbons (Fsp3) is 0.211. The number of rotatable bonds is 4. The molecule has 0 spiro atoms. The van der Waals surface area contributed by atoms with Crippen molar-refractivity contribution >= 4 is 0 Å². The van der Waals surface area contributed by atoms with E-state index in [1.54, 1.807) is 0 Å². The van der Waals surface area contributed by atoms with Crippen molar-refractivity contribution in [3.63, 3.8) is 0 Å². The highest BCUT2D eigenvalue weighted by molar-refractivity contribution is 5.72. The topological polar surface area (TPSA) is 0 Å². The first kappa shape index (κ1) is 12.2. The van der Waals surface area contributed by atoms with Gasteiger partial charge in [-0.05, 0) is 34.6 Å². The van der Waals surface area contributed by atoms with E-state index in [0.29, 0.717) is 5.92 Å². The third-order valence-corrected chi connectivity index (χ3v) is 3.69. The summed E-state index contributed by atoms with van der Waals surface area (Å²) in [7, 11) is 0. The Morgan fingerprint density at radius 3 is 2.16 bits per heavy atom. The minimum absolute atomic E-state index is 0.552. The van der Waals surface area contributed by atoms with Crippen molar-refractivity contribution in [2.24, 2.45) is 0 Å². The number of hydrogen-bond donors (Lipinski definition) is 0. The summed E-state index contributed by atoms with van der Waals surface area (Å²) in [5.41, 5.74) is 7.08. The van der Waals surface area contributed by atoms with E-state index in [0.717, 1.165) is 6.42 Å². The molecule has 1 aliphatic carbocycles. The molecule has 0 nitrogen and oxygen atoms in total. The smallest absolute Gasteiger partial charge is 0.00838 e. The van der Waals surface area contributed by atoms with Crippen LogP contribution in [0.3, 0.4) is 0 Å². The third-order valence-electron chi connectivity index (χ3n) is 3.69. The average Bonchev–Trinajstić information content (AvgIpc) is 3.23. The van der Waals surface area contributed by atoms with Crippen LogP contribution >= 0.6 is 0 Å². The highest BCUT2D eigenvalue weighted by Crippen LogP contribution is 2.34. The zero-order valence-electron chi connectivity index (χ0n) is 11.6. The van der Waals surface area contributed by atoms with Crippen molar-refractivity contribution in [1.29, 1.82) is 0 Å². The summed E-state index contributed by atoms with van der Waals surface area (Å²) in [6.45, 7) is 4.53. The van der Waals surface area contributed by atoms with Gasteiger partial charge in [0.1, 0.15) is 0 Å². The van der Waals surface area contributed by atoms with Gasteiger partial charge >= 0.3 is 0 Å². The van der Waals surface area contributed by atoms with Gasteiger partial charge in [-0.15, -0.1) is 0 Å². The van der Waals surface area contributed by atoms with Gasteiger partial charge in [-0.25, -0.2) is 0 Å². The Morgan fingerprint density at radius 1 is 0.842 bits per heavy atom. The Bertz CT molecular complexity index is 617. The molecular formula is C19H19. The molecule has 1 radical (unpaired) electrons. The molecule has 0 fully saturated rings. The molecule has 2 aromatic rings. The van der Waals surface area contributed by atoms with Gasteiger partial charge in [-0.1, -0.05) is 74.0 Å². The summed E-state index contributed by atoms with van der Waals surface area (Å²) in [5, 5.41) is 0. The standard InChI is InChI=1S/C19H19/c1-14(2)17-8-5-6-10-19(17)18-9-4-3-7-16(18)13-15-11-12-15/h3-12,14H,13H2,1-2H3. The highest BCUT2D eigenvalue weighted by atomic mass is 14.2. The first-order chi connectivity index (χ1) is 9.25. The fourth-order valence-electron chi connectivity index (χ4n) is 2.58. The van der Waals surface area contributed by atoms with Crippen LogP contribution in [-0.4, -0.2) is 0 Å². The molecule has 0 bridgehead atoms. The van der Waals surface area contributed by atoms with Crippen molar-refractivity contribution in [3.05, 3.63) is 77.7 Å². The molecule has 0 heteroatoms. The van der Waals surface area contributed by atoms with Crippen LogP contribution in [0.2, 0.25) is 0 Å². The second-order valence-corrected chi connectivity index (χ2v) is 5.48. The molecule has 0 saturated heterocycles. The second kappa shape index (κ2) is 5.05. The molecule has 3 rings (SSSR count). The second-order valence-electron chi connectivity index (χ2n) is 5.48. The van der Waals surface area contributed by atoms with Gasteiger partial charge in [0.15, 0.2) is 0 Å². The Hall–Kier alpha value is -1.82. The van der Waals surface area contributed by atoms with Gasteiger partial charge in [0.25, 0.3) is 0 Å². The van der Waals surface area contributed by atoms with E-state index in [1.807, 2.05) is 0 Å². The fourth-order valence-corrected chi connectivity index (χ4v) is 2.58. The van der Waals surface area contributed by atoms with Crippen LogP contribution in [0.5, 0.6) is 0 Å². The zero-order chi connectivity index (χ0) is 13.2. The molecule has 2 aromatic carbocycles. The summed E-state index contributed by atoms with van der Waals surface area (Å²) < 4.78 is 0. The molecule has 0 aliphatic heterocycles. The molecule has 0 heterocycles. The lowest BCUT2D eigenvalue weighted by molar-refractivity contribution is 0.868. The van der Waals surface area contributed by atoms with E-state index >= 15 is 0 Å². The Kier molecular flexibility index (Phi) is 3.25. The molecule has 19 heavy (non-hydrogen) atoms. The largest absolute Gasteiger partial charge is 0.0762 e. The summed E-state index contributed by atoms with van der Waals surface area (Å²) in [6.07, 6.45) is 5.46. The van der Waals surface area contributed by atoms with Crippen molar-refractivity contribution in [3.8, 4) is 11.1 Å². The van der Waals surface area contributed by atoms with Gasteiger partial charge in [-0.2, -0.15) is 0 Å². The predicted molar refractivity (Wildman–Crippen MR) is 82.1 cm³/mol. The summed E-state index contributed by atoms with van der Waals surface area (Å²) in [4.78, 5) is 0. The maximum Gasteiger partial charge on any atom is 0.00838 e. The predicted octanol–water partition coefficient (Wildman–Crippen LogP) is 5.16. The first-order valence-electron chi connectivity index (χ1n) is 6.97. The molecule has 0 amide bonds. The Labute approximate surface area is 115 Å². The lowest BCUT2D eigenvalue weighted by atomic mass is 9.89. The molecule has 0 aromatic heterocycles. The molecule has 95 valence electrons. The van der Waals surface area contributed by atoms with Crippen LogP contribution < -0.4 is 0 Å². The summed E-state index contributed by atoms with van der Waals surface area (Å²) >= 11 is 0. The van der Waals surface area contributed by atoms with E-state index in [-0.39, 0.29) is 0 Å². The number of allylic oxidation sites excluding steroid dienone is 2. The lowest BCUT2D eigenvalue weighted by Gasteiger charge is -2.15. The molecule has 0 unspecified atom stereocenters. The molecule has 0 N–H and O–H groups in total. The first-order valence-corrected chi connectivity index (χ1v) is 6.97.